The first-order chi connectivity index (χ1) is 3.39. The van der Waals surface area contributed by atoms with Crippen molar-refractivity contribution in [3.63, 3.8) is 0 Å². The highest BCUT2D eigenvalue weighted by atomic mass is 15.0. The van der Waals surface area contributed by atoms with Gasteiger partial charge in [-0.2, -0.15) is 0 Å². The molecule has 1 fully saturated rings. The number of hydrogen-bond acceptors (Lipinski definition) is 1. The Morgan fingerprint density at radius 3 is 2.57 bits per heavy atom. The summed E-state index contributed by atoms with van der Waals surface area (Å²) in [6, 6.07) is 0. The molecule has 0 spiro atoms. The van der Waals surface area contributed by atoms with Gasteiger partial charge in [0.05, 0.1) is 6.17 Å². The molecule has 0 aromatic carbocycles. The minimum atomic E-state index is 0.161. The third-order valence-electron chi connectivity index (χ3n) is 1.27. The van der Waals surface area contributed by atoms with Crippen LogP contribution in [0.25, 0.3) is 0 Å². The van der Waals surface area contributed by atoms with E-state index in [2.05, 4.69) is 5.32 Å². The van der Waals surface area contributed by atoms with Crippen LogP contribution in [0.3, 0.4) is 0 Å². The van der Waals surface area contributed by atoms with E-state index in [1.165, 1.54) is 12.8 Å². The number of rotatable bonds is 0. The van der Waals surface area contributed by atoms with Crippen molar-refractivity contribution in [3.05, 3.63) is 0 Å². The molecular weight excluding hydrogens is 88.1 g/mol. The maximum Gasteiger partial charge on any atom is 0.0710 e. The molecule has 1 aliphatic heterocycles. The van der Waals surface area contributed by atoms with E-state index < -0.39 is 0 Å². The molecule has 0 aromatic heterocycles. The Kier molecular flexibility index (Phi) is 1.65. The summed E-state index contributed by atoms with van der Waals surface area (Å²) < 4.78 is 0. The van der Waals surface area contributed by atoms with E-state index in [4.69, 9.17) is 5.73 Å². The average Bonchev–Trinajstić information content (AvgIpc) is 1.69. The Labute approximate surface area is 44.1 Å². The lowest BCUT2D eigenvalue weighted by Gasteiger charge is -2.15. The highest BCUT2D eigenvalue weighted by Gasteiger charge is 2.06. The van der Waals surface area contributed by atoms with Gasteiger partial charge in [0.25, 0.3) is 0 Å². The summed E-state index contributed by atoms with van der Waals surface area (Å²) in [5.41, 5.74) is 5.47. The van der Waals surface area contributed by atoms with Gasteiger partial charge in [-0.05, 0) is 19.3 Å². The normalized spacial score (nSPS) is 33.0. The molecule has 0 aliphatic carbocycles. The maximum absolute atomic E-state index is 5.47. The molecule has 1 radical (unpaired) electrons. The zero-order chi connectivity index (χ0) is 5.11. The zero-order valence-electron chi connectivity index (χ0n) is 4.43. The molecule has 0 amide bonds. The topological polar surface area (TPSA) is 40.1 Å². The van der Waals surface area contributed by atoms with Crippen LogP contribution in [0.5, 0.6) is 0 Å². The van der Waals surface area contributed by atoms with E-state index in [1.807, 2.05) is 0 Å². The summed E-state index contributed by atoms with van der Waals surface area (Å²) in [4.78, 5) is 0. The van der Waals surface area contributed by atoms with Crippen molar-refractivity contribution < 1.29 is 0 Å². The summed E-state index contributed by atoms with van der Waals surface area (Å²) in [7, 11) is 0. The quantitative estimate of drug-likeness (QED) is 0.458. The van der Waals surface area contributed by atoms with Crippen LogP contribution >= 0.6 is 0 Å². The van der Waals surface area contributed by atoms with Crippen LogP contribution < -0.4 is 11.1 Å². The molecule has 1 atom stereocenters. The van der Waals surface area contributed by atoms with Gasteiger partial charge in [-0.25, -0.2) is 5.32 Å². The molecule has 0 bridgehead atoms. The molecule has 2 N–H and O–H groups in total. The summed E-state index contributed by atoms with van der Waals surface area (Å²) in [6.07, 6.45) is 3.77. The van der Waals surface area contributed by atoms with Gasteiger partial charge in [0, 0.05) is 6.54 Å². The van der Waals surface area contributed by atoms with E-state index in [9.17, 15) is 0 Å². The SMILES string of the molecule is N[C@@H]1CCCC[N]1. The second kappa shape index (κ2) is 2.28. The molecule has 0 unspecified atom stereocenters. The number of nitrogens with zero attached hydrogens (tertiary/aromatic N) is 1. The third kappa shape index (κ3) is 1.45. The highest BCUT2D eigenvalue weighted by molar-refractivity contribution is 4.63. The predicted octanol–water partition coefficient (Wildman–Crippen LogP) is 0.0595. The van der Waals surface area contributed by atoms with Gasteiger partial charge in [-0.1, -0.05) is 0 Å². The van der Waals surface area contributed by atoms with Crippen molar-refractivity contribution in [2.45, 2.75) is 25.4 Å². The summed E-state index contributed by atoms with van der Waals surface area (Å²) in [5, 5.41) is 4.11. The molecule has 1 rings (SSSR count). The second-order valence-electron chi connectivity index (χ2n) is 1.97. The monoisotopic (exact) mass is 99.1 g/mol. The van der Waals surface area contributed by atoms with E-state index in [1.54, 1.807) is 0 Å². The van der Waals surface area contributed by atoms with Crippen LogP contribution in [-0.2, 0) is 0 Å². The Morgan fingerprint density at radius 2 is 2.29 bits per heavy atom. The van der Waals surface area contributed by atoms with Crippen molar-refractivity contribution in [1.82, 2.24) is 5.32 Å². The molecule has 0 saturated carbocycles. The lowest BCUT2D eigenvalue weighted by atomic mass is 10.1. The number of piperidine rings is 1. The van der Waals surface area contributed by atoms with Gasteiger partial charge in [0.15, 0.2) is 0 Å². The Balaban J connectivity index is 2.12. The van der Waals surface area contributed by atoms with Crippen LogP contribution in [-0.4, -0.2) is 12.7 Å². The Bertz CT molecular complexity index is 48.0. The largest absolute Gasteiger partial charge is 0.315 e. The van der Waals surface area contributed by atoms with Crippen molar-refractivity contribution >= 4 is 0 Å². The second-order valence-corrected chi connectivity index (χ2v) is 1.97. The van der Waals surface area contributed by atoms with Crippen LogP contribution in [0, 0.1) is 0 Å². The summed E-state index contributed by atoms with van der Waals surface area (Å²) >= 11 is 0. The molecular formula is C5H11N2. The molecule has 2 nitrogen and oxygen atoms in total. The number of hydrogen-bond donors (Lipinski definition) is 1. The van der Waals surface area contributed by atoms with E-state index in [0.29, 0.717) is 0 Å². The van der Waals surface area contributed by atoms with Crippen LogP contribution in [0.2, 0.25) is 0 Å². The summed E-state index contributed by atoms with van der Waals surface area (Å²) in [6.45, 7) is 0.987. The van der Waals surface area contributed by atoms with E-state index >= 15 is 0 Å². The van der Waals surface area contributed by atoms with Crippen LogP contribution in [0.15, 0.2) is 0 Å². The first kappa shape index (κ1) is 5.06. The molecule has 7 heavy (non-hydrogen) atoms. The molecule has 2 heteroatoms. The zero-order valence-corrected chi connectivity index (χ0v) is 4.43. The highest BCUT2D eigenvalue weighted by Crippen LogP contribution is 2.02. The van der Waals surface area contributed by atoms with Crippen LogP contribution in [0.1, 0.15) is 19.3 Å². The van der Waals surface area contributed by atoms with Crippen molar-refractivity contribution in [1.29, 1.82) is 0 Å². The van der Waals surface area contributed by atoms with Gasteiger partial charge >= 0.3 is 0 Å². The fourth-order valence-electron chi connectivity index (χ4n) is 0.814. The maximum atomic E-state index is 5.47. The van der Waals surface area contributed by atoms with Crippen molar-refractivity contribution in [2.24, 2.45) is 5.73 Å². The minimum absolute atomic E-state index is 0.161. The van der Waals surface area contributed by atoms with Crippen LogP contribution in [0.4, 0.5) is 0 Å². The fourth-order valence-corrected chi connectivity index (χ4v) is 0.814. The van der Waals surface area contributed by atoms with E-state index in [0.717, 1.165) is 13.0 Å². The Morgan fingerprint density at radius 1 is 1.43 bits per heavy atom. The smallest absolute Gasteiger partial charge is 0.0710 e. The number of nitrogens with two attached hydrogens (primary N) is 1. The Hall–Kier alpha value is -0.0800. The van der Waals surface area contributed by atoms with E-state index in [-0.39, 0.29) is 6.17 Å². The van der Waals surface area contributed by atoms with Gasteiger partial charge in [0.1, 0.15) is 0 Å². The molecule has 41 valence electrons. The molecule has 0 aromatic rings. The third-order valence-corrected chi connectivity index (χ3v) is 1.27. The predicted molar refractivity (Wildman–Crippen MR) is 28.8 cm³/mol. The minimum Gasteiger partial charge on any atom is -0.315 e. The fraction of sp³-hybridized carbons (Fsp3) is 1.00. The standard InChI is InChI=1S/C5H11N2/c6-5-3-1-2-4-7-5/h5H,1-4,6H2/t5-/m0/s1. The summed E-state index contributed by atoms with van der Waals surface area (Å²) in [5.74, 6) is 0. The van der Waals surface area contributed by atoms with Crippen molar-refractivity contribution in [3.8, 4) is 0 Å². The first-order valence-electron chi connectivity index (χ1n) is 2.82. The average molecular weight is 99.2 g/mol. The lowest BCUT2D eigenvalue weighted by Crippen LogP contribution is -2.35. The van der Waals surface area contributed by atoms with Gasteiger partial charge in [-0.3, -0.25) is 0 Å². The van der Waals surface area contributed by atoms with Gasteiger partial charge in [0.2, 0.25) is 0 Å². The molecule has 1 heterocycles. The molecule has 1 saturated heterocycles. The molecule has 1 aliphatic rings. The first-order valence-corrected chi connectivity index (χ1v) is 2.82. The van der Waals surface area contributed by atoms with Gasteiger partial charge in [-0.15, -0.1) is 0 Å². The van der Waals surface area contributed by atoms with Crippen molar-refractivity contribution in [2.75, 3.05) is 6.54 Å². The van der Waals surface area contributed by atoms with Gasteiger partial charge < -0.3 is 5.73 Å². The lowest BCUT2D eigenvalue weighted by molar-refractivity contribution is 0.402.